The van der Waals surface area contributed by atoms with Crippen LogP contribution >= 0.6 is 23.4 Å². The average molecular weight is 392 g/mol. The Balaban J connectivity index is 1.38. The summed E-state index contributed by atoms with van der Waals surface area (Å²) < 4.78 is 12.0. The molecule has 0 saturated carbocycles. The van der Waals surface area contributed by atoms with Crippen molar-refractivity contribution in [3.8, 4) is 0 Å². The van der Waals surface area contributed by atoms with E-state index in [1.807, 2.05) is 42.5 Å². The average Bonchev–Trinajstić information content (AvgIpc) is 2.96. The highest BCUT2D eigenvalue weighted by molar-refractivity contribution is 7.99. The molecule has 0 aliphatic heterocycles. The van der Waals surface area contributed by atoms with Gasteiger partial charge in [0.05, 0.1) is 18.5 Å². The van der Waals surface area contributed by atoms with Crippen LogP contribution in [0.3, 0.4) is 0 Å². The van der Waals surface area contributed by atoms with Crippen molar-refractivity contribution in [2.75, 3.05) is 12.4 Å². The molecule has 3 aromatic rings. The molecule has 1 heterocycles. The molecule has 0 aliphatic carbocycles. The molecule has 0 saturated heterocycles. The second kappa shape index (κ2) is 8.96. The van der Waals surface area contributed by atoms with E-state index in [4.69, 9.17) is 20.8 Å². The van der Waals surface area contributed by atoms with E-state index in [0.717, 1.165) is 10.4 Å². The van der Waals surface area contributed by atoms with Crippen molar-refractivity contribution in [2.24, 2.45) is 0 Å². The maximum absolute atomic E-state index is 11.8. The zero-order valence-electron chi connectivity index (χ0n) is 14.0. The van der Waals surface area contributed by atoms with Crippen LogP contribution < -0.4 is 5.76 Å². The summed E-state index contributed by atoms with van der Waals surface area (Å²) in [4.78, 5) is 24.7. The van der Waals surface area contributed by atoms with Crippen LogP contribution in [0.25, 0.3) is 11.1 Å². The van der Waals surface area contributed by atoms with E-state index in [1.54, 1.807) is 22.4 Å². The smallest absolute Gasteiger partial charge is 0.419 e. The lowest BCUT2D eigenvalue weighted by atomic mass is 10.3. The second-order valence-corrected chi connectivity index (χ2v) is 7.22. The summed E-state index contributed by atoms with van der Waals surface area (Å²) in [6.45, 7) is 0.721. The van der Waals surface area contributed by atoms with E-state index in [1.165, 1.54) is 0 Å². The predicted molar refractivity (Wildman–Crippen MR) is 103 cm³/mol. The SMILES string of the molecule is O=C(CCSc1ccc(Cl)cc1)OCCCn1c(=O)oc2ccccc21. The Morgan fingerprint density at radius 1 is 1.15 bits per heavy atom. The molecular formula is C19H18ClNO4S. The standard InChI is InChI=1S/C19H18ClNO4S/c20-14-6-8-15(9-7-14)26-13-10-18(22)24-12-3-11-21-16-4-1-2-5-17(16)25-19(21)23/h1-2,4-9H,3,10-13H2. The second-order valence-electron chi connectivity index (χ2n) is 5.61. The van der Waals surface area contributed by atoms with E-state index in [9.17, 15) is 9.59 Å². The summed E-state index contributed by atoms with van der Waals surface area (Å²) in [7, 11) is 0. The molecule has 0 atom stereocenters. The molecule has 136 valence electrons. The first kappa shape index (κ1) is 18.6. The highest BCUT2D eigenvalue weighted by Gasteiger charge is 2.09. The van der Waals surface area contributed by atoms with Crippen molar-refractivity contribution in [1.29, 1.82) is 0 Å². The number of aryl methyl sites for hydroxylation is 1. The van der Waals surface area contributed by atoms with Crippen LogP contribution in [0.5, 0.6) is 0 Å². The molecule has 3 rings (SSSR count). The fourth-order valence-electron chi connectivity index (χ4n) is 2.49. The van der Waals surface area contributed by atoms with E-state index in [0.29, 0.717) is 35.7 Å². The van der Waals surface area contributed by atoms with Gasteiger partial charge in [0.2, 0.25) is 0 Å². The number of carbonyl (C=O) groups is 1. The number of para-hydroxylation sites is 2. The third-order valence-electron chi connectivity index (χ3n) is 3.75. The van der Waals surface area contributed by atoms with E-state index in [2.05, 4.69) is 0 Å². The largest absolute Gasteiger partial charge is 0.466 e. The molecule has 0 aliphatic rings. The van der Waals surface area contributed by atoms with Crippen LogP contribution in [0.4, 0.5) is 0 Å². The Bertz CT molecular complexity index is 933. The number of ether oxygens (including phenoxy) is 1. The van der Waals surface area contributed by atoms with E-state index < -0.39 is 5.76 Å². The van der Waals surface area contributed by atoms with Gasteiger partial charge in [-0.15, -0.1) is 11.8 Å². The quantitative estimate of drug-likeness (QED) is 0.324. The highest BCUT2D eigenvalue weighted by atomic mass is 35.5. The number of fused-ring (bicyclic) bond motifs is 1. The summed E-state index contributed by atoms with van der Waals surface area (Å²) in [5, 5.41) is 0.693. The normalized spacial score (nSPS) is 11.0. The minimum absolute atomic E-state index is 0.240. The lowest BCUT2D eigenvalue weighted by molar-refractivity contribution is -0.143. The van der Waals surface area contributed by atoms with Crippen LogP contribution in [-0.2, 0) is 16.1 Å². The number of thioether (sulfide) groups is 1. The molecule has 1 aromatic heterocycles. The van der Waals surface area contributed by atoms with Gasteiger partial charge < -0.3 is 9.15 Å². The van der Waals surface area contributed by atoms with Gasteiger partial charge in [0.1, 0.15) is 0 Å². The summed E-state index contributed by atoms with van der Waals surface area (Å²) >= 11 is 7.42. The minimum atomic E-state index is -0.392. The molecule has 7 heteroatoms. The first-order valence-corrected chi connectivity index (χ1v) is 9.62. The molecule has 0 fully saturated rings. The fourth-order valence-corrected chi connectivity index (χ4v) is 3.45. The summed E-state index contributed by atoms with van der Waals surface area (Å²) in [6, 6.07) is 14.8. The minimum Gasteiger partial charge on any atom is -0.466 e. The van der Waals surface area contributed by atoms with Gasteiger partial charge in [0, 0.05) is 22.2 Å². The summed E-state index contributed by atoms with van der Waals surface area (Å²) in [6.07, 6.45) is 0.890. The summed E-state index contributed by atoms with van der Waals surface area (Å²) in [5.74, 6) is 0.0134. The molecule has 26 heavy (non-hydrogen) atoms. The number of hydrogen-bond donors (Lipinski definition) is 0. The van der Waals surface area contributed by atoms with Gasteiger partial charge in [-0.25, -0.2) is 4.79 Å². The molecule has 0 bridgehead atoms. The van der Waals surface area contributed by atoms with Crippen LogP contribution in [0.15, 0.2) is 62.6 Å². The lowest BCUT2D eigenvalue weighted by Gasteiger charge is -2.06. The van der Waals surface area contributed by atoms with Gasteiger partial charge in [-0.1, -0.05) is 23.7 Å². The first-order chi connectivity index (χ1) is 12.6. The topological polar surface area (TPSA) is 61.4 Å². The number of carbonyl (C=O) groups excluding carboxylic acids is 1. The molecule has 0 spiro atoms. The maximum atomic E-state index is 11.8. The Labute approximate surface area is 159 Å². The van der Waals surface area contributed by atoms with Crippen LogP contribution in [-0.4, -0.2) is 22.9 Å². The van der Waals surface area contributed by atoms with Crippen molar-refractivity contribution in [2.45, 2.75) is 24.3 Å². The number of aromatic nitrogens is 1. The van der Waals surface area contributed by atoms with Crippen LogP contribution in [0.1, 0.15) is 12.8 Å². The van der Waals surface area contributed by atoms with Crippen LogP contribution in [0.2, 0.25) is 5.02 Å². The molecular weight excluding hydrogens is 374 g/mol. The van der Waals surface area contributed by atoms with Gasteiger partial charge in [-0.2, -0.15) is 0 Å². The Kier molecular flexibility index (Phi) is 6.41. The zero-order valence-corrected chi connectivity index (χ0v) is 15.6. The van der Waals surface area contributed by atoms with Gasteiger partial charge in [-0.05, 0) is 42.8 Å². The third-order valence-corrected chi connectivity index (χ3v) is 5.02. The maximum Gasteiger partial charge on any atom is 0.419 e. The van der Waals surface area contributed by atoms with Gasteiger partial charge in [0.15, 0.2) is 5.58 Å². The van der Waals surface area contributed by atoms with Crippen molar-refractivity contribution in [3.05, 3.63) is 64.1 Å². The molecule has 0 unspecified atom stereocenters. The monoisotopic (exact) mass is 391 g/mol. The Morgan fingerprint density at radius 2 is 1.92 bits per heavy atom. The number of esters is 1. The number of rotatable bonds is 8. The third kappa shape index (κ3) is 4.93. The van der Waals surface area contributed by atoms with Crippen LogP contribution in [0, 0.1) is 0 Å². The molecule has 5 nitrogen and oxygen atoms in total. The zero-order chi connectivity index (χ0) is 18.4. The van der Waals surface area contributed by atoms with Gasteiger partial charge in [0.25, 0.3) is 0 Å². The number of halogens is 1. The van der Waals surface area contributed by atoms with Crippen molar-refractivity contribution in [1.82, 2.24) is 4.57 Å². The fraction of sp³-hybridized carbons (Fsp3) is 0.263. The highest BCUT2D eigenvalue weighted by Crippen LogP contribution is 2.21. The van der Waals surface area contributed by atoms with Gasteiger partial charge >= 0.3 is 11.7 Å². The van der Waals surface area contributed by atoms with Crippen molar-refractivity contribution >= 4 is 40.4 Å². The molecule has 0 radical (unpaired) electrons. The number of oxazole rings is 1. The van der Waals surface area contributed by atoms with Gasteiger partial charge in [-0.3, -0.25) is 9.36 Å². The molecule has 0 N–H and O–H groups in total. The molecule has 2 aromatic carbocycles. The first-order valence-electron chi connectivity index (χ1n) is 8.26. The van der Waals surface area contributed by atoms with E-state index in [-0.39, 0.29) is 12.6 Å². The number of nitrogens with zero attached hydrogens (tertiary/aromatic N) is 1. The predicted octanol–water partition coefficient (Wildman–Crippen LogP) is 4.36. The van der Waals surface area contributed by atoms with E-state index >= 15 is 0 Å². The van der Waals surface area contributed by atoms with Crippen molar-refractivity contribution in [3.63, 3.8) is 0 Å². The number of benzene rings is 2. The summed E-state index contributed by atoms with van der Waals surface area (Å²) in [5.41, 5.74) is 1.32. The van der Waals surface area contributed by atoms with Crippen molar-refractivity contribution < 1.29 is 13.9 Å². The lowest BCUT2D eigenvalue weighted by Crippen LogP contribution is -2.16. The Morgan fingerprint density at radius 3 is 2.73 bits per heavy atom. The molecule has 0 amide bonds. The number of hydrogen-bond acceptors (Lipinski definition) is 5. The Hall–Kier alpha value is -2.18.